The molecular formula is C23H45NO2. The highest BCUT2D eigenvalue weighted by molar-refractivity contribution is 5.00. The van der Waals surface area contributed by atoms with Crippen LogP contribution in [0.25, 0.3) is 0 Å². The summed E-state index contributed by atoms with van der Waals surface area (Å²) in [6.45, 7) is 5.72. The quantitative estimate of drug-likeness (QED) is 0.343. The average Bonchev–Trinajstić information content (AvgIpc) is 2.70. The van der Waals surface area contributed by atoms with E-state index in [-0.39, 0.29) is 0 Å². The van der Waals surface area contributed by atoms with Crippen LogP contribution in [0.2, 0.25) is 0 Å². The number of fused-ring (bicyclic) bond motifs is 1. The van der Waals surface area contributed by atoms with Crippen LogP contribution >= 0.6 is 0 Å². The van der Waals surface area contributed by atoms with Crippen LogP contribution in [-0.4, -0.2) is 32.6 Å². The lowest BCUT2D eigenvalue weighted by molar-refractivity contribution is -0.273. The lowest BCUT2D eigenvalue weighted by Gasteiger charge is -2.52. The third kappa shape index (κ3) is 5.23. The SMILES string of the molecule is CCCCCCCCC(CC)C(OC)(OC)C1NCCC2CCCCC21. The topological polar surface area (TPSA) is 30.5 Å². The van der Waals surface area contributed by atoms with Crippen molar-refractivity contribution in [3.8, 4) is 0 Å². The van der Waals surface area contributed by atoms with Crippen LogP contribution < -0.4 is 5.32 Å². The summed E-state index contributed by atoms with van der Waals surface area (Å²) in [5.74, 6) is 1.60. The van der Waals surface area contributed by atoms with E-state index < -0.39 is 5.79 Å². The molecule has 4 atom stereocenters. The van der Waals surface area contributed by atoms with Gasteiger partial charge in [0.15, 0.2) is 5.79 Å². The second kappa shape index (κ2) is 11.7. The first-order valence-corrected chi connectivity index (χ1v) is 11.6. The van der Waals surface area contributed by atoms with Gasteiger partial charge in [-0.1, -0.05) is 71.6 Å². The van der Waals surface area contributed by atoms with Gasteiger partial charge in [0, 0.05) is 20.1 Å². The lowest BCUT2D eigenvalue weighted by atomic mass is 9.67. The number of ether oxygens (including phenoxy) is 2. The Hall–Kier alpha value is -0.120. The Kier molecular flexibility index (Phi) is 9.94. The van der Waals surface area contributed by atoms with E-state index in [0.29, 0.717) is 12.0 Å². The monoisotopic (exact) mass is 367 g/mol. The van der Waals surface area contributed by atoms with Gasteiger partial charge in [0.05, 0.1) is 6.04 Å². The number of unbranched alkanes of at least 4 members (excludes halogenated alkanes) is 5. The fraction of sp³-hybridized carbons (Fsp3) is 1.00. The van der Waals surface area contributed by atoms with E-state index in [1.807, 2.05) is 14.2 Å². The third-order valence-electron chi connectivity index (χ3n) is 7.31. The fourth-order valence-electron chi connectivity index (χ4n) is 5.84. The van der Waals surface area contributed by atoms with Crippen LogP contribution in [0.5, 0.6) is 0 Å². The number of rotatable bonds is 12. The zero-order chi connectivity index (χ0) is 18.8. The van der Waals surface area contributed by atoms with Gasteiger partial charge >= 0.3 is 0 Å². The summed E-state index contributed by atoms with van der Waals surface area (Å²) in [5, 5.41) is 3.84. The van der Waals surface area contributed by atoms with Crippen molar-refractivity contribution in [3.63, 3.8) is 0 Å². The zero-order valence-electron chi connectivity index (χ0n) is 18.0. The van der Waals surface area contributed by atoms with Gasteiger partial charge in [-0.05, 0) is 44.1 Å². The smallest absolute Gasteiger partial charge is 0.186 e. The van der Waals surface area contributed by atoms with E-state index >= 15 is 0 Å². The van der Waals surface area contributed by atoms with E-state index in [1.54, 1.807) is 0 Å². The molecule has 1 aliphatic heterocycles. The number of methoxy groups -OCH3 is 2. The highest BCUT2D eigenvalue weighted by Gasteiger charge is 2.51. The molecule has 1 saturated carbocycles. The van der Waals surface area contributed by atoms with Crippen molar-refractivity contribution < 1.29 is 9.47 Å². The zero-order valence-corrected chi connectivity index (χ0v) is 18.0. The highest BCUT2D eigenvalue weighted by atomic mass is 16.7. The first-order chi connectivity index (χ1) is 12.7. The van der Waals surface area contributed by atoms with Gasteiger partial charge in [-0.3, -0.25) is 0 Å². The number of hydrogen-bond donors (Lipinski definition) is 1. The molecule has 154 valence electrons. The molecule has 2 rings (SSSR count). The molecule has 0 aromatic heterocycles. The second-order valence-electron chi connectivity index (χ2n) is 8.72. The maximum absolute atomic E-state index is 6.24. The normalized spacial score (nSPS) is 27.9. The standard InChI is InChI=1S/C23H45NO2/c1-5-7-8-9-10-11-15-20(6-2)23(25-3,26-4)22-21-16-13-12-14-19(21)17-18-24-22/h19-22,24H,5-18H2,1-4H3. The molecule has 3 heteroatoms. The van der Waals surface area contributed by atoms with Crippen molar-refractivity contribution in [2.45, 2.75) is 109 Å². The van der Waals surface area contributed by atoms with Gasteiger partial charge in [-0.25, -0.2) is 0 Å². The van der Waals surface area contributed by atoms with E-state index in [0.717, 1.165) is 24.8 Å². The minimum absolute atomic E-state index is 0.349. The molecule has 0 amide bonds. The van der Waals surface area contributed by atoms with Crippen LogP contribution in [0.1, 0.15) is 97.3 Å². The van der Waals surface area contributed by atoms with Crippen LogP contribution in [0, 0.1) is 17.8 Å². The largest absolute Gasteiger partial charge is 0.351 e. The molecule has 2 aliphatic rings. The molecule has 0 aromatic carbocycles. The molecule has 1 heterocycles. The van der Waals surface area contributed by atoms with Crippen molar-refractivity contribution in [1.82, 2.24) is 5.32 Å². The van der Waals surface area contributed by atoms with Gasteiger partial charge in [-0.2, -0.15) is 0 Å². The highest BCUT2D eigenvalue weighted by Crippen LogP contribution is 2.44. The molecule has 3 nitrogen and oxygen atoms in total. The van der Waals surface area contributed by atoms with Gasteiger partial charge in [0.2, 0.25) is 0 Å². The van der Waals surface area contributed by atoms with Crippen molar-refractivity contribution in [1.29, 1.82) is 0 Å². The summed E-state index contributed by atoms with van der Waals surface area (Å²) in [7, 11) is 3.75. The summed E-state index contributed by atoms with van der Waals surface area (Å²) >= 11 is 0. The average molecular weight is 368 g/mol. The minimum atomic E-state index is -0.459. The summed E-state index contributed by atoms with van der Waals surface area (Å²) < 4.78 is 12.5. The van der Waals surface area contributed by atoms with Gasteiger partial charge in [0.1, 0.15) is 0 Å². The van der Waals surface area contributed by atoms with Crippen LogP contribution in [0.15, 0.2) is 0 Å². The summed E-state index contributed by atoms with van der Waals surface area (Å²) in [6.07, 6.45) is 17.3. The van der Waals surface area contributed by atoms with Crippen molar-refractivity contribution >= 4 is 0 Å². The molecule has 1 aliphatic carbocycles. The van der Waals surface area contributed by atoms with E-state index in [2.05, 4.69) is 19.2 Å². The van der Waals surface area contributed by atoms with Crippen LogP contribution in [0.4, 0.5) is 0 Å². The Morgan fingerprint density at radius 2 is 1.62 bits per heavy atom. The summed E-state index contributed by atoms with van der Waals surface area (Å²) in [6, 6.07) is 0.349. The Morgan fingerprint density at radius 3 is 2.31 bits per heavy atom. The lowest BCUT2D eigenvalue weighted by Crippen LogP contribution is -2.64. The minimum Gasteiger partial charge on any atom is -0.351 e. The Bertz CT molecular complexity index is 367. The van der Waals surface area contributed by atoms with Crippen molar-refractivity contribution in [2.75, 3.05) is 20.8 Å². The fourth-order valence-corrected chi connectivity index (χ4v) is 5.84. The van der Waals surface area contributed by atoms with E-state index in [4.69, 9.17) is 9.47 Å². The molecule has 2 fully saturated rings. The summed E-state index contributed by atoms with van der Waals surface area (Å²) in [5.41, 5.74) is 0. The number of piperidine rings is 1. The first-order valence-electron chi connectivity index (χ1n) is 11.6. The van der Waals surface area contributed by atoms with Gasteiger partial charge in [0.25, 0.3) is 0 Å². The maximum Gasteiger partial charge on any atom is 0.186 e. The summed E-state index contributed by atoms with van der Waals surface area (Å²) in [4.78, 5) is 0. The number of nitrogens with one attached hydrogen (secondary N) is 1. The van der Waals surface area contributed by atoms with Crippen LogP contribution in [-0.2, 0) is 9.47 Å². The molecule has 26 heavy (non-hydrogen) atoms. The number of hydrogen-bond acceptors (Lipinski definition) is 3. The second-order valence-corrected chi connectivity index (χ2v) is 8.72. The predicted octanol–water partition coefficient (Wildman–Crippen LogP) is 5.92. The predicted molar refractivity (Wildman–Crippen MR) is 110 cm³/mol. The van der Waals surface area contributed by atoms with E-state index in [9.17, 15) is 0 Å². The molecule has 1 saturated heterocycles. The molecular weight excluding hydrogens is 322 g/mol. The third-order valence-corrected chi connectivity index (χ3v) is 7.31. The Balaban J connectivity index is 2.02. The van der Waals surface area contributed by atoms with Crippen molar-refractivity contribution in [3.05, 3.63) is 0 Å². The van der Waals surface area contributed by atoms with Crippen molar-refractivity contribution in [2.24, 2.45) is 17.8 Å². The van der Waals surface area contributed by atoms with Crippen LogP contribution in [0.3, 0.4) is 0 Å². The Labute approximate surface area is 163 Å². The molecule has 0 radical (unpaired) electrons. The molecule has 0 spiro atoms. The first kappa shape index (κ1) is 22.2. The molecule has 4 unspecified atom stereocenters. The maximum atomic E-state index is 6.24. The molecule has 0 bridgehead atoms. The van der Waals surface area contributed by atoms with E-state index in [1.165, 1.54) is 77.0 Å². The molecule has 0 aromatic rings. The van der Waals surface area contributed by atoms with Gasteiger partial charge in [-0.15, -0.1) is 0 Å². The Morgan fingerprint density at radius 1 is 0.923 bits per heavy atom. The van der Waals surface area contributed by atoms with Gasteiger partial charge < -0.3 is 14.8 Å². The molecule has 1 N–H and O–H groups in total.